The van der Waals surface area contributed by atoms with Crippen molar-refractivity contribution in [3.8, 4) is 0 Å². The molecule has 1 aromatic carbocycles. The average molecular weight is 300 g/mol. The van der Waals surface area contributed by atoms with Gasteiger partial charge in [0.1, 0.15) is 0 Å². The topological polar surface area (TPSA) is 62.5 Å². The minimum Gasteiger partial charge on any atom is -0.481 e. The molecule has 2 aromatic rings. The highest BCUT2D eigenvalue weighted by Crippen LogP contribution is 2.21. The number of pyridine rings is 1. The molecule has 0 unspecified atom stereocenters. The molecule has 0 amide bonds. The van der Waals surface area contributed by atoms with Gasteiger partial charge in [0, 0.05) is 37.3 Å². The normalized spacial score (nSPS) is 10.6. The van der Waals surface area contributed by atoms with Gasteiger partial charge in [-0.25, -0.2) is 0 Å². The van der Waals surface area contributed by atoms with Crippen LogP contribution in [0.1, 0.15) is 12.8 Å². The number of aromatic nitrogens is 1. The van der Waals surface area contributed by atoms with Crippen LogP contribution in [-0.4, -0.2) is 29.2 Å². The van der Waals surface area contributed by atoms with Crippen molar-refractivity contribution in [1.29, 1.82) is 0 Å². The number of anilines is 1. The zero-order chi connectivity index (χ0) is 16.1. The number of allylic oxidation sites excluding steroid dienone is 1. The van der Waals surface area contributed by atoms with Crippen LogP contribution in [0.2, 0.25) is 0 Å². The third kappa shape index (κ3) is 3.55. The highest BCUT2D eigenvalue weighted by molar-refractivity contribution is 5.83. The maximum absolute atomic E-state index is 12.0. The van der Waals surface area contributed by atoms with E-state index in [4.69, 9.17) is 5.11 Å². The van der Waals surface area contributed by atoms with Gasteiger partial charge < -0.3 is 14.6 Å². The minimum absolute atomic E-state index is 0.0265. The molecule has 22 heavy (non-hydrogen) atoms. The van der Waals surface area contributed by atoms with Crippen LogP contribution >= 0.6 is 0 Å². The van der Waals surface area contributed by atoms with Crippen molar-refractivity contribution in [2.24, 2.45) is 0 Å². The number of nitrogens with zero attached hydrogens (tertiary/aromatic N) is 2. The van der Waals surface area contributed by atoms with Crippen molar-refractivity contribution in [1.82, 2.24) is 4.57 Å². The number of aliphatic carboxylic acids is 1. The second-order valence-corrected chi connectivity index (χ2v) is 5.21. The molecule has 1 N–H and O–H groups in total. The molecule has 0 radical (unpaired) electrons. The smallest absolute Gasteiger partial charge is 0.305 e. The van der Waals surface area contributed by atoms with E-state index in [1.807, 2.05) is 30.1 Å². The fourth-order valence-corrected chi connectivity index (χ4v) is 2.37. The zero-order valence-electron chi connectivity index (χ0n) is 12.7. The average Bonchev–Trinajstić information content (AvgIpc) is 2.51. The van der Waals surface area contributed by atoms with E-state index in [0.29, 0.717) is 13.1 Å². The molecule has 0 aliphatic rings. The van der Waals surface area contributed by atoms with E-state index in [2.05, 4.69) is 6.58 Å². The Morgan fingerprint density at radius 2 is 2.14 bits per heavy atom. The third-order valence-electron chi connectivity index (χ3n) is 3.63. The molecule has 116 valence electrons. The molecule has 2 rings (SSSR count). The van der Waals surface area contributed by atoms with Gasteiger partial charge >= 0.3 is 5.97 Å². The first-order chi connectivity index (χ1) is 10.5. The lowest BCUT2D eigenvalue weighted by Crippen LogP contribution is -2.22. The largest absolute Gasteiger partial charge is 0.481 e. The molecule has 0 fully saturated rings. The summed E-state index contributed by atoms with van der Waals surface area (Å²) in [6, 6.07) is 9.16. The third-order valence-corrected chi connectivity index (χ3v) is 3.63. The van der Waals surface area contributed by atoms with Gasteiger partial charge in [-0.05, 0) is 30.7 Å². The molecule has 1 aromatic heterocycles. The quantitative estimate of drug-likeness (QED) is 0.798. The van der Waals surface area contributed by atoms with Crippen molar-refractivity contribution in [2.45, 2.75) is 19.4 Å². The molecule has 5 nitrogen and oxygen atoms in total. The SMILES string of the molecule is C=CCCn1c(=O)ccc2cc(N(C)CCC(=O)O)ccc21. The number of hydrogen-bond donors (Lipinski definition) is 1. The standard InChI is InChI=1S/C17H20N2O3/c1-3-4-10-19-15-7-6-14(18(2)11-9-17(21)22)12-13(15)5-8-16(19)20/h3,5-8,12H,1,4,9-11H2,2H3,(H,21,22). The zero-order valence-corrected chi connectivity index (χ0v) is 12.7. The molecule has 0 atom stereocenters. The first-order valence-electron chi connectivity index (χ1n) is 7.20. The summed E-state index contributed by atoms with van der Waals surface area (Å²) < 4.78 is 1.73. The van der Waals surface area contributed by atoms with Gasteiger partial charge in [-0.2, -0.15) is 0 Å². The number of aryl methyl sites for hydroxylation is 1. The second-order valence-electron chi connectivity index (χ2n) is 5.21. The van der Waals surface area contributed by atoms with Gasteiger partial charge in [0.25, 0.3) is 5.56 Å². The monoisotopic (exact) mass is 300 g/mol. The van der Waals surface area contributed by atoms with Crippen LogP contribution in [0.3, 0.4) is 0 Å². The summed E-state index contributed by atoms with van der Waals surface area (Å²) in [5, 5.41) is 9.72. The van der Waals surface area contributed by atoms with Gasteiger partial charge in [0.2, 0.25) is 0 Å². The van der Waals surface area contributed by atoms with Gasteiger partial charge in [-0.1, -0.05) is 6.08 Å². The molecule has 1 heterocycles. The van der Waals surface area contributed by atoms with E-state index in [0.717, 1.165) is 23.0 Å². The molecule has 0 saturated carbocycles. The molecular formula is C17H20N2O3. The van der Waals surface area contributed by atoms with Gasteiger partial charge in [0.05, 0.1) is 11.9 Å². The Labute approximate surface area is 129 Å². The van der Waals surface area contributed by atoms with Crippen LogP contribution in [0.5, 0.6) is 0 Å². The van der Waals surface area contributed by atoms with Crippen LogP contribution in [-0.2, 0) is 11.3 Å². The van der Waals surface area contributed by atoms with Gasteiger partial charge in [-0.3, -0.25) is 9.59 Å². The first kappa shape index (κ1) is 15.8. The van der Waals surface area contributed by atoms with Gasteiger partial charge in [-0.15, -0.1) is 6.58 Å². The molecule has 0 saturated heterocycles. The molecule has 0 aliphatic heterocycles. The number of carboxylic acid groups (broad SMARTS) is 1. The van der Waals surface area contributed by atoms with E-state index in [-0.39, 0.29) is 12.0 Å². The van der Waals surface area contributed by atoms with Gasteiger partial charge in [0.15, 0.2) is 0 Å². The van der Waals surface area contributed by atoms with Crippen LogP contribution in [0.25, 0.3) is 10.9 Å². The summed E-state index contributed by atoms with van der Waals surface area (Å²) in [4.78, 5) is 24.5. The Kier molecular flexibility index (Phi) is 4.99. The number of benzene rings is 1. The highest BCUT2D eigenvalue weighted by Gasteiger charge is 2.07. The molecule has 0 spiro atoms. The predicted octanol–water partition coefficient (Wildman–Crippen LogP) is 2.49. The summed E-state index contributed by atoms with van der Waals surface area (Å²) >= 11 is 0. The lowest BCUT2D eigenvalue weighted by molar-refractivity contribution is -0.136. The maximum atomic E-state index is 12.0. The Hall–Kier alpha value is -2.56. The van der Waals surface area contributed by atoms with E-state index in [9.17, 15) is 9.59 Å². The minimum atomic E-state index is -0.814. The van der Waals surface area contributed by atoms with Crippen LogP contribution in [0.15, 0.2) is 47.8 Å². The van der Waals surface area contributed by atoms with Crippen molar-refractivity contribution >= 4 is 22.6 Å². The van der Waals surface area contributed by atoms with Crippen LogP contribution < -0.4 is 10.5 Å². The molecular weight excluding hydrogens is 280 g/mol. The Balaban J connectivity index is 2.35. The number of carbonyl (C=O) groups is 1. The summed E-state index contributed by atoms with van der Waals surface area (Å²) in [7, 11) is 1.86. The summed E-state index contributed by atoms with van der Waals surface area (Å²) in [5.41, 5.74) is 1.79. The Morgan fingerprint density at radius 3 is 2.82 bits per heavy atom. The number of fused-ring (bicyclic) bond motifs is 1. The Bertz CT molecular complexity index is 749. The molecule has 5 heteroatoms. The fraction of sp³-hybridized carbons (Fsp3) is 0.294. The second kappa shape index (κ2) is 6.93. The first-order valence-corrected chi connectivity index (χ1v) is 7.20. The van der Waals surface area contributed by atoms with Crippen molar-refractivity contribution in [2.75, 3.05) is 18.5 Å². The van der Waals surface area contributed by atoms with E-state index >= 15 is 0 Å². The fourth-order valence-electron chi connectivity index (χ4n) is 2.37. The van der Waals surface area contributed by atoms with Crippen molar-refractivity contribution < 1.29 is 9.90 Å². The summed E-state index contributed by atoms with van der Waals surface area (Å²) in [5.74, 6) is -0.814. The van der Waals surface area contributed by atoms with Crippen LogP contribution in [0.4, 0.5) is 5.69 Å². The summed E-state index contributed by atoms with van der Waals surface area (Å²) in [6.07, 6.45) is 2.62. The number of carboxylic acids is 1. The highest BCUT2D eigenvalue weighted by atomic mass is 16.4. The van der Waals surface area contributed by atoms with E-state index in [1.54, 1.807) is 22.8 Å². The molecule has 0 bridgehead atoms. The lowest BCUT2D eigenvalue weighted by Gasteiger charge is -2.19. The number of rotatable bonds is 7. The maximum Gasteiger partial charge on any atom is 0.305 e. The predicted molar refractivity (Wildman–Crippen MR) is 88.5 cm³/mol. The van der Waals surface area contributed by atoms with Crippen molar-refractivity contribution in [3.63, 3.8) is 0 Å². The Morgan fingerprint density at radius 1 is 1.36 bits per heavy atom. The van der Waals surface area contributed by atoms with Crippen molar-refractivity contribution in [3.05, 3.63) is 53.3 Å². The number of hydrogen-bond acceptors (Lipinski definition) is 3. The van der Waals surface area contributed by atoms with E-state index in [1.165, 1.54) is 0 Å². The lowest BCUT2D eigenvalue weighted by atomic mass is 10.1. The molecule has 0 aliphatic carbocycles. The van der Waals surface area contributed by atoms with Crippen LogP contribution in [0, 0.1) is 0 Å². The van der Waals surface area contributed by atoms with E-state index < -0.39 is 5.97 Å². The summed E-state index contributed by atoms with van der Waals surface area (Å²) in [6.45, 7) is 4.73.